The lowest BCUT2D eigenvalue weighted by molar-refractivity contribution is 0.443. The first kappa shape index (κ1) is 12.7. The second-order valence-corrected chi connectivity index (χ2v) is 5.00. The van der Waals surface area contributed by atoms with E-state index in [1.165, 1.54) is 11.1 Å². The molecule has 2 unspecified atom stereocenters. The third-order valence-electron chi connectivity index (χ3n) is 2.84. The van der Waals surface area contributed by atoms with Gasteiger partial charge in [0.1, 0.15) is 0 Å². The molecule has 4 N–H and O–H groups in total. The number of halogens is 1. The zero-order chi connectivity index (χ0) is 11.4. The molecule has 0 amide bonds. The standard InChI is InChI=1S/C12H19BrN2/c1-8-3-4-10(13)7-11(8)12(15)9(2)5-6-14/h3-4,7,9,12H,5-6,14-15H2,1-2H3. The van der Waals surface area contributed by atoms with Crippen LogP contribution >= 0.6 is 15.9 Å². The van der Waals surface area contributed by atoms with Crippen LogP contribution in [0.5, 0.6) is 0 Å². The first-order valence-corrected chi connectivity index (χ1v) is 6.07. The van der Waals surface area contributed by atoms with E-state index in [2.05, 4.69) is 41.9 Å². The van der Waals surface area contributed by atoms with Crippen molar-refractivity contribution in [2.24, 2.45) is 17.4 Å². The lowest BCUT2D eigenvalue weighted by atomic mass is 9.90. The number of hydrogen-bond acceptors (Lipinski definition) is 2. The van der Waals surface area contributed by atoms with E-state index in [4.69, 9.17) is 11.5 Å². The fourth-order valence-electron chi connectivity index (χ4n) is 1.72. The molecule has 0 saturated carbocycles. The number of benzene rings is 1. The Morgan fingerprint density at radius 3 is 2.67 bits per heavy atom. The Hall–Kier alpha value is -0.380. The van der Waals surface area contributed by atoms with Gasteiger partial charge in [0.15, 0.2) is 0 Å². The summed E-state index contributed by atoms with van der Waals surface area (Å²) in [5, 5.41) is 0. The van der Waals surface area contributed by atoms with Crippen molar-refractivity contribution in [3.05, 3.63) is 33.8 Å². The molecule has 0 radical (unpaired) electrons. The topological polar surface area (TPSA) is 52.0 Å². The summed E-state index contributed by atoms with van der Waals surface area (Å²) in [6.45, 7) is 4.94. The Morgan fingerprint density at radius 1 is 1.40 bits per heavy atom. The molecule has 1 rings (SSSR count). The number of rotatable bonds is 4. The summed E-state index contributed by atoms with van der Waals surface area (Å²) in [5.74, 6) is 0.419. The smallest absolute Gasteiger partial charge is 0.0324 e. The van der Waals surface area contributed by atoms with Crippen molar-refractivity contribution < 1.29 is 0 Å². The minimum atomic E-state index is 0.0750. The summed E-state index contributed by atoms with van der Waals surface area (Å²) in [5.41, 5.74) is 14.2. The highest BCUT2D eigenvalue weighted by Gasteiger charge is 2.16. The maximum Gasteiger partial charge on any atom is 0.0324 e. The molecule has 2 atom stereocenters. The van der Waals surface area contributed by atoms with Gasteiger partial charge in [-0.3, -0.25) is 0 Å². The Morgan fingerprint density at radius 2 is 2.07 bits per heavy atom. The van der Waals surface area contributed by atoms with Crippen LogP contribution in [0.25, 0.3) is 0 Å². The van der Waals surface area contributed by atoms with Crippen molar-refractivity contribution in [2.75, 3.05) is 6.54 Å². The van der Waals surface area contributed by atoms with E-state index >= 15 is 0 Å². The molecule has 0 aliphatic carbocycles. The zero-order valence-electron chi connectivity index (χ0n) is 9.33. The van der Waals surface area contributed by atoms with E-state index in [0.29, 0.717) is 12.5 Å². The Labute approximate surface area is 100 Å². The van der Waals surface area contributed by atoms with E-state index in [1.807, 2.05) is 6.07 Å². The van der Waals surface area contributed by atoms with Crippen molar-refractivity contribution in [3.8, 4) is 0 Å². The third-order valence-corrected chi connectivity index (χ3v) is 3.33. The maximum atomic E-state index is 6.22. The van der Waals surface area contributed by atoms with Crippen LogP contribution in [0.15, 0.2) is 22.7 Å². The lowest BCUT2D eigenvalue weighted by Crippen LogP contribution is -2.22. The van der Waals surface area contributed by atoms with Crippen LogP contribution in [0.4, 0.5) is 0 Å². The van der Waals surface area contributed by atoms with Gasteiger partial charge in [-0.15, -0.1) is 0 Å². The molecule has 84 valence electrons. The maximum absolute atomic E-state index is 6.22. The molecule has 0 aliphatic heterocycles. The molecule has 0 aromatic heterocycles. The molecule has 0 bridgehead atoms. The van der Waals surface area contributed by atoms with Crippen molar-refractivity contribution in [1.29, 1.82) is 0 Å². The molecule has 1 aromatic carbocycles. The highest BCUT2D eigenvalue weighted by Crippen LogP contribution is 2.26. The Kier molecular flexibility index (Phi) is 4.77. The molecule has 1 aromatic rings. The number of hydrogen-bond donors (Lipinski definition) is 2. The van der Waals surface area contributed by atoms with Crippen LogP contribution in [0, 0.1) is 12.8 Å². The summed E-state index contributed by atoms with van der Waals surface area (Å²) in [4.78, 5) is 0. The minimum Gasteiger partial charge on any atom is -0.330 e. The lowest BCUT2D eigenvalue weighted by Gasteiger charge is -2.21. The molecule has 0 aliphatic rings. The van der Waals surface area contributed by atoms with Gasteiger partial charge >= 0.3 is 0 Å². The predicted molar refractivity (Wildman–Crippen MR) is 68.6 cm³/mol. The number of aryl methyl sites for hydroxylation is 1. The van der Waals surface area contributed by atoms with Gasteiger partial charge in [0.25, 0.3) is 0 Å². The highest BCUT2D eigenvalue weighted by molar-refractivity contribution is 9.10. The first-order chi connectivity index (χ1) is 7.06. The summed E-state index contributed by atoms with van der Waals surface area (Å²) < 4.78 is 1.08. The molecule has 3 heteroatoms. The predicted octanol–water partition coefficient (Wildman–Crippen LogP) is 2.74. The van der Waals surface area contributed by atoms with Crippen molar-refractivity contribution in [2.45, 2.75) is 26.3 Å². The summed E-state index contributed by atoms with van der Waals surface area (Å²) in [7, 11) is 0. The van der Waals surface area contributed by atoms with Crippen molar-refractivity contribution >= 4 is 15.9 Å². The Balaban J connectivity index is 2.89. The van der Waals surface area contributed by atoms with Gasteiger partial charge in [0, 0.05) is 10.5 Å². The van der Waals surface area contributed by atoms with Gasteiger partial charge in [-0.2, -0.15) is 0 Å². The second kappa shape index (κ2) is 5.64. The van der Waals surface area contributed by atoms with Gasteiger partial charge in [-0.1, -0.05) is 28.9 Å². The van der Waals surface area contributed by atoms with E-state index in [9.17, 15) is 0 Å². The molecular weight excluding hydrogens is 252 g/mol. The van der Waals surface area contributed by atoms with E-state index in [1.54, 1.807) is 0 Å². The first-order valence-electron chi connectivity index (χ1n) is 5.28. The Bertz CT molecular complexity index is 325. The van der Waals surface area contributed by atoms with E-state index < -0.39 is 0 Å². The molecular formula is C12H19BrN2. The van der Waals surface area contributed by atoms with Gasteiger partial charge in [0.2, 0.25) is 0 Å². The normalized spacial score (nSPS) is 15.0. The van der Waals surface area contributed by atoms with Crippen molar-refractivity contribution in [3.63, 3.8) is 0 Å². The van der Waals surface area contributed by atoms with Crippen molar-refractivity contribution in [1.82, 2.24) is 0 Å². The van der Waals surface area contributed by atoms with Crippen LogP contribution in [0.1, 0.15) is 30.5 Å². The van der Waals surface area contributed by atoms with Crippen LogP contribution in [-0.2, 0) is 0 Å². The largest absolute Gasteiger partial charge is 0.330 e. The van der Waals surface area contributed by atoms with Crippen LogP contribution in [-0.4, -0.2) is 6.54 Å². The molecule has 0 saturated heterocycles. The van der Waals surface area contributed by atoms with Gasteiger partial charge < -0.3 is 11.5 Å². The van der Waals surface area contributed by atoms with Crippen LogP contribution in [0.2, 0.25) is 0 Å². The molecule has 0 spiro atoms. The highest BCUT2D eigenvalue weighted by atomic mass is 79.9. The summed E-state index contributed by atoms with van der Waals surface area (Å²) in [6.07, 6.45) is 0.965. The average molecular weight is 271 g/mol. The van der Waals surface area contributed by atoms with Crippen LogP contribution < -0.4 is 11.5 Å². The van der Waals surface area contributed by atoms with Gasteiger partial charge in [-0.05, 0) is 49.1 Å². The average Bonchev–Trinajstić information content (AvgIpc) is 2.21. The number of nitrogens with two attached hydrogens (primary N) is 2. The van der Waals surface area contributed by atoms with Gasteiger partial charge in [-0.25, -0.2) is 0 Å². The van der Waals surface area contributed by atoms with E-state index in [-0.39, 0.29) is 6.04 Å². The van der Waals surface area contributed by atoms with Crippen LogP contribution in [0.3, 0.4) is 0 Å². The molecule has 0 heterocycles. The SMILES string of the molecule is Cc1ccc(Br)cc1C(N)C(C)CCN. The molecule has 0 fully saturated rings. The summed E-state index contributed by atoms with van der Waals surface area (Å²) in [6, 6.07) is 6.31. The monoisotopic (exact) mass is 270 g/mol. The van der Waals surface area contributed by atoms with E-state index in [0.717, 1.165) is 10.9 Å². The molecule has 15 heavy (non-hydrogen) atoms. The quantitative estimate of drug-likeness (QED) is 0.884. The van der Waals surface area contributed by atoms with Gasteiger partial charge in [0.05, 0.1) is 0 Å². The minimum absolute atomic E-state index is 0.0750. The zero-order valence-corrected chi connectivity index (χ0v) is 10.9. The second-order valence-electron chi connectivity index (χ2n) is 4.08. The fourth-order valence-corrected chi connectivity index (χ4v) is 2.10. The fraction of sp³-hybridized carbons (Fsp3) is 0.500. The summed E-state index contributed by atoms with van der Waals surface area (Å²) >= 11 is 3.47. The molecule has 2 nitrogen and oxygen atoms in total. The third kappa shape index (κ3) is 3.30.